The van der Waals surface area contributed by atoms with Crippen LogP contribution < -0.4 is 0 Å². The highest BCUT2D eigenvalue weighted by molar-refractivity contribution is 5.88. The number of fused-ring (bicyclic) bond motifs is 2. The van der Waals surface area contributed by atoms with E-state index in [0.29, 0.717) is 0 Å². The smallest absolute Gasteiger partial charge is 0.336 e. The largest absolute Gasteiger partial charge is 0.464 e. The van der Waals surface area contributed by atoms with E-state index in [4.69, 9.17) is 9.47 Å². The second kappa shape index (κ2) is 3.88. The molecule has 2 spiro atoms. The number of rotatable bonds is 0. The Morgan fingerprint density at radius 2 is 1.87 bits per heavy atom. The van der Waals surface area contributed by atoms with Crippen molar-refractivity contribution in [3.05, 3.63) is 0 Å². The number of aliphatic hydroxyl groups excluding tert-OH is 2. The molecule has 8 atom stereocenters. The van der Waals surface area contributed by atoms with Crippen molar-refractivity contribution in [2.24, 2.45) is 16.7 Å². The highest BCUT2D eigenvalue weighted by Gasteiger charge is 2.89. The van der Waals surface area contributed by atoms with Crippen molar-refractivity contribution in [1.29, 1.82) is 0 Å². The minimum Gasteiger partial charge on any atom is -0.464 e. The number of hydrogen-bond acceptors (Lipinski definition) is 8. The van der Waals surface area contributed by atoms with Crippen LogP contribution in [0.2, 0.25) is 0 Å². The van der Waals surface area contributed by atoms with Gasteiger partial charge in [0.2, 0.25) is 0 Å². The van der Waals surface area contributed by atoms with Crippen LogP contribution in [0.3, 0.4) is 0 Å². The third-order valence-electron chi connectivity index (χ3n) is 7.05. The van der Waals surface area contributed by atoms with Crippen LogP contribution in [0, 0.1) is 16.7 Å². The second-order valence-corrected chi connectivity index (χ2v) is 7.62. The standard InChI is InChI=1S/C15H20O8/c1-6-3-7(16)15(21)13(6)4-8(23-10(18)9(13)17)12(2,20)14(15)5-22-11(14)19/h6-9,16-17,20-21H,3-5H2,1-2H3/t6-,7-,8-,9+,12+,13+,14+,15-/m0/s1. The number of carbonyl (C=O) groups excluding carboxylic acids is 2. The van der Waals surface area contributed by atoms with Crippen molar-refractivity contribution in [3.63, 3.8) is 0 Å². The van der Waals surface area contributed by atoms with E-state index in [2.05, 4.69) is 0 Å². The van der Waals surface area contributed by atoms with Crippen LogP contribution in [0.5, 0.6) is 0 Å². The van der Waals surface area contributed by atoms with Crippen LogP contribution in [-0.2, 0) is 19.1 Å². The van der Waals surface area contributed by atoms with Gasteiger partial charge in [0.15, 0.2) is 11.5 Å². The molecule has 4 fully saturated rings. The number of esters is 2. The minimum absolute atomic E-state index is 0.0311. The van der Waals surface area contributed by atoms with Crippen LogP contribution in [0.4, 0.5) is 0 Å². The summed E-state index contributed by atoms with van der Waals surface area (Å²) < 4.78 is 10.0. The SMILES string of the molecule is C[C@H]1C[C@H](O)[C@]2(O)[C@]13C[C@H](OC(=O)[C@H]3O)[C@@](C)(O)[C@]21COC1=O. The molecule has 0 aromatic rings. The number of hydrogen-bond donors (Lipinski definition) is 4. The van der Waals surface area contributed by atoms with Crippen molar-refractivity contribution in [2.45, 2.75) is 56.2 Å². The number of ether oxygens (including phenoxy) is 2. The molecule has 2 aliphatic heterocycles. The topological polar surface area (TPSA) is 134 Å². The molecule has 2 aliphatic carbocycles. The van der Waals surface area contributed by atoms with E-state index < -0.39 is 58.2 Å². The summed E-state index contributed by atoms with van der Waals surface area (Å²) in [5.74, 6) is -2.25. The highest BCUT2D eigenvalue weighted by Crippen LogP contribution is 2.72. The van der Waals surface area contributed by atoms with Crippen molar-refractivity contribution in [2.75, 3.05) is 6.61 Å². The van der Waals surface area contributed by atoms with E-state index in [1.165, 1.54) is 6.92 Å². The fraction of sp³-hybridized carbons (Fsp3) is 0.867. The normalized spacial score (nSPS) is 60.8. The molecule has 0 unspecified atom stereocenters. The third-order valence-corrected chi connectivity index (χ3v) is 7.05. The number of carbonyl (C=O) groups is 2. The predicted octanol–water partition coefficient (Wildman–Crippen LogP) is -1.91. The van der Waals surface area contributed by atoms with Gasteiger partial charge in [-0.15, -0.1) is 0 Å². The summed E-state index contributed by atoms with van der Waals surface area (Å²) in [7, 11) is 0. The van der Waals surface area contributed by atoms with Gasteiger partial charge in [-0.2, -0.15) is 0 Å². The maximum absolute atomic E-state index is 12.4. The lowest BCUT2D eigenvalue weighted by molar-refractivity contribution is -0.371. The van der Waals surface area contributed by atoms with Gasteiger partial charge < -0.3 is 29.9 Å². The molecule has 8 nitrogen and oxygen atoms in total. The molecule has 2 heterocycles. The van der Waals surface area contributed by atoms with Crippen molar-refractivity contribution in [3.8, 4) is 0 Å². The van der Waals surface area contributed by atoms with Gasteiger partial charge >= 0.3 is 11.9 Å². The molecule has 8 heteroatoms. The summed E-state index contributed by atoms with van der Waals surface area (Å²) in [5.41, 5.74) is -7.39. The molecule has 0 aromatic carbocycles. The Hall–Kier alpha value is -1.22. The summed E-state index contributed by atoms with van der Waals surface area (Å²) in [5, 5.41) is 43.7. The second-order valence-electron chi connectivity index (χ2n) is 7.62. The van der Waals surface area contributed by atoms with Gasteiger partial charge in [0.25, 0.3) is 0 Å². The first-order chi connectivity index (χ1) is 10.6. The molecule has 0 aromatic heterocycles. The van der Waals surface area contributed by atoms with Gasteiger partial charge in [-0.05, 0) is 25.7 Å². The maximum Gasteiger partial charge on any atom is 0.336 e. The average molecular weight is 328 g/mol. The molecule has 128 valence electrons. The number of aliphatic hydroxyl groups is 4. The van der Waals surface area contributed by atoms with Gasteiger partial charge in [0.1, 0.15) is 23.9 Å². The molecule has 0 radical (unpaired) electrons. The molecular weight excluding hydrogens is 308 g/mol. The molecule has 4 rings (SSSR count). The van der Waals surface area contributed by atoms with Gasteiger partial charge in [-0.25, -0.2) is 4.79 Å². The molecular formula is C15H20O8. The molecule has 4 aliphatic rings. The maximum atomic E-state index is 12.4. The molecule has 0 amide bonds. The predicted molar refractivity (Wildman–Crippen MR) is 71.7 cm³/mol. The summed E-state index contributed by atoms with van der Waals surface area (Å²) in [6.07, 6.45) is -4.06. The lowest BCUT2D eigenvalue weighted by Crippen LogP contribution is -2.87. The fourth-order valence-electron chi connectivity index (χ4n) is 5.66. The van der Waals surface area contributed by atoms with Gasteiger partial charge in [0.05, 0.1) is 6.10 Å². The Morgan fingerprint density at radius 1 is 1.22 bits per heavy atom. The summed E-state index contributed by atoms with van der Waals surface area (Å²) in [6, 6.07) is 0. The van der Waals surface area contributed by atoms with E-state index in [0.717, 1.165) is 0 Å². The molecule has 2 saturated carbocycles. The summed E-state index contributed by atoms with van der Waals surface area (Å²) in [6.45, 7) is 2.71. The Morgan fingerprint density at radius 3 is 2.39 bits per heavy atom. The third kappa shape index (κ3) is 1.18. The van der Waals surface area contributed by atoms with Crippen LogP contribution in [0.25, 0.3) is 0 Å². The summed E-state index contributed by atoms with van der Waals surface area (Å²) >= 11 is 0. The monoisotopic (exact) mass is 328 g/mol. The van der Waals surface area contributed by atoms with E-state index in [1.54, 1.807) is 6.92 Å². The van der Waals surface area contributed by atoms with E-state index in [-0.39, 0.29) is 19.4 Å². The van der Waals surface area contributed by atoms with Crippen molar-refractivity contribution < 1.29 is 39.5 Å². The van der Waals surface area contributed by atoms with Crippen molar-refractivity contribution >= 4 is 11.9 Å². The minimum atomic E-state index is -2.17. The zero-order chi connectivity index (χ0) is 17.0. The van der Waals surface area contributed by atoms with Crippen molar-refractivity contribution in [1.82, 2.24) is 0 Å². The van der Waals surface area contributed by atoms with E-state index >= 15 is 0 Å². The van der Waals surface area contributed by atoms with Crippen LogP contribution >= 0.6 is 0 Å². The molecule has 4 N–H and O–H groups in total. The summed E-state index contributed by atoms with van der Waals surface area (Å²) in [4.78, 5) is 24.5. The Bertz CT molecular complexity index is 617. The van der Waals surface area contributed by atoms with Gasteiger partial charge in [0, 0.05) is 5.41 Å². The number of cyclic esters (lactones) is 1. The van der Waals surface area contributed by atoms with Crippen LogP contribution in [0.1, 0.15) is 26.7 Å². The first-order valence-corrected chi connectivity index (χ1v) is 7.76. The zero-order valence-corrected chi connectivity index (χ0v) is 12.9. The fourth-order valence-corrected chi connectivity index (χ4v) is 5.66. The van der Waals surface area contributed by atoms with Gasteiger partial charge in [-0.3, -0.25) is 4.79 Å². The van der Waals surface area contributed by atoms with Gasteiger partial charge in [-0.1, -0.05) is 6.92 Å². The quantitative estimate of drug-likeness (QED) is 0.379. The van der Waals surface area contributed by atoms with E-state index in [9.17, 15) is 30.0 Å². The van der Waals surface area contributed by atoms with E-state index in [1.807, 2.05) is 0 Å². The molecule has 23 heavy (non-hydrogen) atoms. The lowest BCUT2D eigenvalue weighted by atomic mass is 9.42. The van der Waals surface area contributed by atoms with Crippen LogP contribution in [-0.4, -0.2) is 68.5 Å². The first kappa shape index (κ1) is 15.3. The average Bonchev–Trinajstić information content (AvgIpc) is 2.64. The zero-order valence-electron chi connectivity index (χ0n) is 12.9. The van der Waals surface area contributed by atoms with Crippen LogP contribution in [0.15, 0.2) is 0 Å². The Kier molecular flexibility index (Phi) is 2.58. The highest BCUT2D eigenvalue weighted by atomic mass is 16.6. The Labute approximate surface area is 132 Å². The Balaban J connectivity index is 2.04. The first-order valence-electron chi connectivity index (χ1n) is 7.76. The lowest BCUT2D eigenvalue weighted by Gasteiger charge is -2.69. The molecule has 2 saturated heterocycles. The molecule has 2 bridgehead atoms.